The number of nitrogens with zero attached hydrogens (tertiary/aromatic N) is 1. The van der Waals surface area contributed by atoms with Crippen molar-refractivity contribution in [1.82, 2.24) is 10.2 Å². The van der Waals surface area contributed by atoms with Crippen LogP contribution in [0.3, 0.4) is 0 Å². The van der Waals surface area contributed by atoms with Crippen LogP contribution in [0.15, 0.2) is 0 Å². The van der Waals surface area contributed by atoms with Crippen molar-refractivity contribution in [3.8, 4) is 0 Å². The minimum absolute atomic E-state index is 0.215. The Morgan fingerprint density at radius 2 is 2.31 bits per heavy atom. The third kappa shape index (κ3) is 2.99. The van der Waals surface area contributed by atoms with Crippen molar-refractivity contribution in [3.63, 3.8) is 0 Å². The summed E-state index contributed by atoms with van der Waals surface area (Å²) in [4.78, 5) is 13.3. The largest absolute Gasteiger partial charge is 0.337 e. The van der Waals surface area contributed by atoms with Gasteiger partial charge in [0.2, 0.25) is 5.91 Å². The molecule has 0 spiro atoms. The summed E-state index contributed by atoms with van der Waals surface area (Å²) < 4.78 is 0. The molecule has 0 bridgehead atoms. The highest BCUT2D eigenvalue weighted by Crippen LogP contribution is 2.13. The Bertz CT molecular complexity index is 180. The molecule has 3 nitrogen and oxygen atoms in total. The Balaban J connectivity index is 2.51. The predicted molar refractivity (Wildman–Crippen MR) is 53.5 cm³/mol. The lowest BCUT2D eigenvalue weighted by Crippen LogP contribution is -2.53. The summed E-state index contributed by atoms with van der Waals surface area (Å²) in [7, 11) is 0. The minimum Gasteiger partial charge on any atom is -0.337 e. The van der Waals surface area contributed by atoms with Gasteiger partial charge in [-0.1, -0.05) is 13.8 Å². The van der Waals surface area contributed by atoms with Gasteiger partial charge in [0.05, 0.1) is 0 Å². The van der Waals surface area contributed by atoms with E-state index in [2.05, 4.69) is 19.2 Å². The summed E-state index contributed by atoms with van der Waals surface area (Å²) in [6.45, 7) is 8.83. The average molecular weight is 184 g/mol. The molecule has 1 amide bonds. The van der Waals surface area contributed by atoms with Crippen LogP contribution in [0.25, 0.3) is 0 Å². The number of hydrogen-bond donors (Lipinski definition) is 1. The van der Waals surface area contributed by atoms with Crippen LogP contribution >= 0.6 is 0 Å². The van der Waals surface area contributed by atoms with Crippen molar-refractivity contribution < 1.29 is 4.79 Å². The molecular weight excluding hydrogens is 164 g/mol. The third-order valence-corrected chi connectivity index (χ3v) is 2.50. The molecule has 0 aromatic heterocycles. The van der Waals surface area contributed by atoms with Crippen LogP contribution in [0.4, 0.5) is 0 Å². The van der Waals surface area contributed by atoms with E-state index in [-0.39, 0.29) is 5.91 Å². The lowest BCUT2D eigenvalue weighted by atomic mass is 10.0. The highest BCUT2D eigenvalue weighted by molar-refractivity contribution is 5.73. The topological polar surface area (TPSA) is 32.3 Å². The van der Waals surface area contributed by atoms with Crippen molar-refractivity contribution in [1.29, 1.82) is 0 Å². The Labute approximate surface area is 80.5 Å². The Morgan fingerprint density at radius 3 is 2.85 bits per heavy atom. The molecule has 1 rings (SSSR count). The normalized spacial score (nSPS) is 23.7. The van der Waals surface area contributed by atoms with Crippen LogP contribution in [0, 0.1) is 5.92 Å². The standard InChI is InChI=1S/C10H20N2O/c1-8(2)6-10-7-11-4-5-12(10)9(3)13/h8,10-11H,4-7H2,1-3H3. The SMILES string of the molecule is CC(=O)N1CCNCC1CC(C)C. The minimum atomic E-state index is 0.215. The van der Waals surface area contributed by atoms with Crippen LogP contribution in [0.1, 0.15) is 27.2 Å². The molecule has 1 fully saturated rings. The first-order valence-electron chi connectivity index (χ1n) is 5.09. The summed E-state index contributed by atoms with van der Waals surface area (Å²) in [6, 6.07) is 0.409. The van der Waals surface area contributed by atoms with E-state index in [1.54, 1.807) is 6.92 Å². The van der Waals surface area contributed by atoms with E-state index in [0.717, 1.165) is 26.1 Å². The van der Waals surface area contributed by atoms with Gasteiger partial charge in [-0.2, -0.15) is 0 Å². The van der Waals surface area contributed by atoms with Crippen LogP contribution < -0.4 is 5.32 Å². The maximum atomic E-state index is 11.3. The molecule has 1 saturated heterocycles. The van der Waals surface area contributed by atoms with Crippen molar-refractivity contribution in [2.45, 2.75) is 33.2 Å². The molecule has 0 radical (unpaired) electrons. The molecule has 76 valence electrons. The summed E-state index contributed by atoms with van der Waals surface area (Å²) >= 11 is 0. The number of hydrogen-bond acceptors (Lipinski definition) is 2. The van der Waals surface area contributed by atoms with Gasteiger partial charge in [0.25, 0.3) is 0 Å². The Kier molecular flexibility index (Phi) is 3.72. The van der Waals surface area contributed by atoms with E-state index in [0.29, 0.717) is 12.0 Å². The molecule has 1 aliphatic heterocycles. The van der Waals surface area contributed by atoms with Crippen LogP contribution in [0.2, 0.25) is 0 Å². The van der Waals surface area contributed by atoms with Gasteiger partial charge in [-0.05, 0) is 12.3 Å². The molecule has 1 heterocycles. The number of piperazine rings is 1. The zero-order valence-electron chi connectivity index (χ0n) is 8.84. The van der Waals surface area contributed by atoms with Crippen molar-refractivity contribution >= 4 is 5.91 Å². The van der Waals surface area contributed by atoms with Gasteiger partial charge in [0.1, 0.15) is 0 Å². The molecular formula is C10H20N2O. The molecule has 13 heavy (non-hydrogen) atoms. The quantitative estimate of drug-likeness (QED) is 0.690. The Morgan fingerprint density at radius 1 is 1.62 bits per heavy atom. The van der Waals surface area contributed by atoms with Gasteiger partial charge in [0.15, 0.2) is 0 Å². The number of nitrogens with one attached hydrogen (secondary N) is 1. The second-order valence-electron chi connectivity index (χ2n) is 4.20. The molecule has 1 aliphatic rings. The molecule has 1 N–H and O–H groups in total. The van der Waals surface area contributed by atoms with Gasteiger partial charge in [0, 0.05) is 32.6 Å². The highest BCUT2D eigenvalue weighted by atomic mass is 16.2. The van der Waals surface area contributed by atoms with Crippen molar-refractivity contribution in [2.24, 2.45) is 5.92 Å². The van der Waals surface area contributed by atoms with E-state index >= 15 is 0 Å². The Hall–Kier alpha value is -0.570. The molecule has 0 aromatic carbocycles. The zero-order valence-corrected chi connectivity index (χ0v) is 8.84. The van der Waals surface area contributed by atoms with E-state index in [1.807, 2.05) is 4.90 Å². The van der Waals surface area contributed by atoms with Gasteiger partial charge < -0.3 is 10.2 Å². The van der Waals surface area contributed by atoms with Crippen molar-refractivity contribution in [3.05, 3.63) is 0 Å². The monoisotopic (exact) mass is 184 g/mol. The smallest absolute Gasteiger partial charge is 0.219 e. The fourth-order valence-corrected chi connectivity index (χ4v) is 1.93. The molecule has 0 aromatic rings. The first-order chi connectivity index (χ1) is 6.11. The third-order valence-electron chi connectivity index (χ3n) is 2.50. The van der Waals surface area contributed by atoms with Crippen LogP contribution in [-0.4, -0.2) is 36.5 Å². The summed E-state index contributed by atoms with van der Waals surface area (Å²) in [5.74, 6) is 0.874. The maximum Gasteiger partial charge on any atom is 0.219 e. The van der Waals surface area contributed by atoms with Gasteiger partial charge in [-0.25, -0.2) is 0 Å². The van der Waals surface area contributed by atoms with E-state index in [1.165, 1.54) is 0 Å². The highest BCUT2D eigenvalue weighted by Gasteiger charge is 2.24. The second kappa shape index (κ2) is 4.61. The van der Waals surface area contributed by atoms with Crippen LogP contribution in [0.5, 0.6) is 0 Å². The first kappa shape index (κ1) is 10.5. The summed E-state index contributed by atoms with van der Waals surface area (Å²) in [6.07, 6.45) is 1.10. The summed E-state index contributed by atoms with van der Waals surface area (Å²) in [5, 5.41) is 3.33. The predicted octanol–water partition coefficient (Wildman–Crippen LogP) is 0.853. The summed E-state index contributed by atoms with van der Waals surface area (Å²) in [5.41, 5.74) is 0. The number of rotatable bonds is 2. The second-order valence-corrected chi connectivity index (χ2v) is 4.20. The number of carbonyl (C=O) groups excluding carboxylic acids is 1. The van der Waals surface area contributed by atoms with Gasteiger partial charge in [-0.15, -0.1) is 0 Å². The van der Waals surface area contributed by atoms with E-state index < -0.39 is 0 Å². The van der Waals surface area contributed by atoms with E-state index in [4.69, 9.17) is 0 Å². The lowest BCUT2D eigenvalue weighted by molar-refractivity contribution is -0.132. The van der Waals surface area contributed by atoms with E-state index in [9.17, 15) is 4.79 Å². The zero-order chi connectivity index (χ0) is 9.84. The maximum absolute atomic E-state index is 11.3. The average Bonchev–Trinajstić information content (AvgIpc) is 2.03. The molecule has 3 heteroatoms. The molecule has 0 saturated carbocycles. The molecule has 0 aliphatic carbocycles. The van der Waals surface area contributed by atoms with Gasteiger partial charge >= 0.3 is 0 Å². The molecule has 1 unspecified atom stereocenters. The van der Waals surface area contributed by atoms with Crippen molar-refractivity contribution in [2.75, 3.05) is 19.6 Å². The first-order valence-corrected chi connectivity index (χ1v) is 5.09. The lowest BCUT2D eigenvalue weighted by Gasteiger charge is -2.36. The fraction of sp³-hybridized carbons (Fsp3) is 0.900. The molecule has 1 atom stereocenters. The van der Waals surface area contributed by atoms with Crippen LogP contribution in [-0.2, 0) is 4.79 Å². The van der Waals surface area contributed by atoms with Gasteiger partial charge in [-0.3, -0.25) is 4.79 Å². The number of amides is 1. The fourth-order valence-electron chi connectivity index (χ4n) is 1.93. The number of carbonyl (C=O) groups is 1.